The van der Waals surface area contributed by atoms with Crippen LogP contribution in [0.1, 0.15) is 89.6 Å². The molecule has 14 heteroatoms. The minimum atomic E-state index is -0.836. The van der Waals surface area contributed by atoms with Crippen LogP contribution in [0.25, 0.3) is 33.4 Å². The monoisotopic (exact) mass is 850 g/mol. The van der Waals surface area contributed by atoms with Crippen LogP contribution in [0.3, 0.4) is 0 Å². The van der Waals surface area contributed by atoms with E-state index in [1.807, 2.05) is 6.20 Å². The first kappa shape index (κ1) is 42.0. The summed E-state index contributed by atoms with van der Waals surface area (Å²) in [6, 6.07) is 8.15. The van der Waals surface area contributed by atoms with Crippen molar-refractivity contribution >= 4 is 45.7 Å². The Balaban J connectivity index is 1.15. The third kappa shape index (κ3) is 8.33. The smallest absolute Gasteiger partial charge is 0.324 e. The van der Waals surface area contributed by atoms with Gasteiger partial charge in [-0.05, 0) is 81.5 Å². The van der Waals surface area contributed by atoms with Gasteiger partial charge < -0.3 is 24.3 Å². The number of ether oxygens (including phenoxy) is 2. The third-order valence-corrected chi connectivity index (χ3v) is 15.0. The molecule has 2 aliphatic carbocycles. The minimum Gasteiger partial charge on any atom is -0.464 e. The van der Waals surface area contributed by atoms with Crippen LogP contribution in [0.15, 0.2) is 35.8 Å². The third-order valence-electron chi connectivity index (χ3n) is 14.1. The quantitative estimate of drug-likeness (QED) is 0.192. The molecule has 2 amide bonds. The van der Waals surface area contributed by atoms with Gasteiger partial charge in [0.05, 0.1) is 46.7 Å². The highest BCUT2D eigenvalue weighted by atomic mass is 32.1. The molecule has 6 atom stereocenters. The van der Waals surface area contributed by atoms with Crippen LogP contribution in [-0.4, -0.2) is 107 Å². The van der Waals surface area contributed by atoms with Crippen LogP contribution in [0.4, 0.5) is 5.69 Å². The lowest BCUT2D eigenvalue weighted by atomic mass is 9.84. The maximum absolute atomic E-state index is 14.2. The average molecular weight is 851 g/mol. The number of carbonyl (C=O) groups is 3. The Labute approximate surface area is 363 Å². The summed E-state index contributed by atoms with van der Waals surface area (Å²) in [4.78, 5) is 57.0. The van der Waals surface area contributed by atoms with E-state index in [2.05, 4.69) is 96.3 Å². The van der Waals surface area contributed by atoms with E-state index in [0.29, 0.717) is 25.8 Å². The van der Waals surface area contributed by atoms with Crippen LogP contribution < -0.4 is 15.6 Å². The number of piperazine rings is 1. The van der Waals surface area contributed by atoms with E-state index in [9.17, 15) is 14.4 Å². The van der Waals surface area contributed by atoms with E-state index in [0.717, 1.165) is 94.1 Å². The molecule has 0 radical (unpaired) electrons. The van der Waals surface area contributed by atoms with Crippen LogP contribution in [0, 0.1) is 23.2 Å². The Bertz CT molecular complexity index is 2300. The number of cyclic esters (lactones) is 1. The molecule has 6 bridgehead atoms. The Morgan fingerprint density at radius 2 is 1.85 bits per heavy atom. The Hall–Kier alpha value is -4.37. The number of hydrogen-bond acceptors (Lipinski definition) is 11. The van der Waals surface area contributed by atoms with Gasteiger partial charge in [0.1, 0.15) is 12.1 Å². The molecule has 326 valence electrons. The first-order chi connectivity index (χ1) is 29.3. The number of anilines is 1. The molecule has 9 rings (SSSR count). The number of nitrogens with zero attached hydrogens (tertiary/aromatic N) is 6. The molecule has 3 aromatic heterocycles. The lowest BCUT2D eigenvalue weighted by Crippen LogP contribution is -2.60. The molecule has 0 unspecified atom stereocenters. The molecule has 5 aliphatic rings. The van der Waals surface area contributed by atoms with Gasteiger partial charge in [0.25, 0.3) is 5.91 Å². The van der Waals surface area contributed by atoms with Crippen molar-refractivity contribution in [1.29, 1.82) is 0 Å². The summed E-state index contributed by atoms with van der Waals surface area (Å²) < 4.78 is 14.6. The molecule has 2 saturated carbocycles. The molecule has 0 spiro atoms. The zero-order valence-corrected chi connectivity index (χ0v) is 37.6. The predicted octanol–water partition coefficient (Wildman–Crippen LogP) is 6.39. The number of pyridine rings is 1. The molecule has 4 aromatic rings. The molecule has 4 fully saturated rings. The number of amides is 2. The number of carbonyl (C=O) groups excluding carboxylic acids is 3. The number of aromatic nitrogens is 3. The maximum atomic E-state index is 14.2. The molecule has 61 heavy (non-hydrogen) atoms. The number of fused-ring (bicyclic) bond motifs is 6. The van der Waals surface area contributed by atoms with Crippen LogP contribution in [0.2, 0.25) is 0 Å². The Kier molecular flexibility index (Phi) is 11.5. The van der Waals surface area contributed by atoms with Gasteiger partial charge in [-0.1, -0.05) is 33.8 Å². The highest BCUT2D eigenvalue weighted by Gasteiger charge is 2.49. The maximum Gasteiger partial charge on any atom is 0.324 e. The number of hydrazine groups is 1. The molecule has 1 aromatic carbocycles. The van der Waals surface area contributed by atoms with Gasteiger partial charge in [-0.25, -0.2) is 10.4 Å². The zero-order chi connectivity index (χ0) is 42.7. The summed E-state index contributed by atoms with van der Waals surface area (Å²) in [5.74, 6) is -0.353. The second-order valence-corrected chi connectivity index (χ2v) is 19.9. The van der Waals surface area contributed by atoms with Gasteiger partial charge in [0, 0.05) is 97.6 Å². The molecule has 2 N–H and O–H groups in total. The van der Waals surface area contributed by atoms with Crippen molar-refractivity contribution in [2.24, 2.45) is 23.2 Å². The van der Waals surface area contributed by atoms with Crippen molar-refractivity contribution < 1.29 is 23.9 Å². The standard InChI is InChI=1S/C47H62N8O5S/c1-8-54-39-14-11-30-20-33(39)35(43(54)34-21-32(24-48-42(34)29(4)59-7)53-18-16-52(17-19-53)31-12-13-31)23-47(5,6)26-60-46(58)36-10-9-15-55(51-36)45(57)37(22-40-49-38(30)25-61-40)50-44(56)41-27(2)28(41)3/h11,14,20-21,24-25,27-29,31,36-37,41,51H,8-10,12-13,15-19,22-23,26H2,1-7H3,(H,50,56)/t27-,28+,29-,36-,37-,41+/m0/s1. The lowest BCUT2D eigenvalue weighted by Gasteiger charge is -2.36. The normalized spacial score (nSPS) is 26.5. The number of esters is 1. The van der Waals surface area contributed by atoms with Gasteiger partial charge in [-0.2, -0.15) is 0 Å². The van der Waals surface area contributed by atoms with E-state index in [-0.39, 0.29) is 54.7 Å². The Morgan fingerprint density at radius 3 is 2.56 bits per heavy atom. The van der Waals surface area contributed by atoms with E-state index in [1.165, 1.54) is 29.2 Å². The highest BCUT2D eigenvalue weighted by Crippen LogP contribution is 2.46. The van der Waals surface area contributed by atoms with Crippen molar-refractivity contribution in [3.8, 4) is 22.5 Å². The van der Waals surface area contributed by atoms with E-state index in [4.69, 9.17) is 19.4 Å². The highest BCUT2D eigenvalue weighted by molar-refractivity contribution is 7.10. The number of hydrogen-bond donors (Lipinski definition) is 2. The van der Waals surface area contributed by atoms with Crippen LogP contribution >= 0.6 is 11.3 Å². The molecule has 13 nitrogen and oxygen atoms in total. The van der Waals surface area contributed by atoms with Crippen molar-refractivity contribution in [3.63, 3.8) is 0 Å². The fraction of sp³-hybridized carbons (Fsp3) is 0.596. The van der Waals surface area contributed by atoms with E-state index < -0.39 is 17.5 Å². The van der Waals surface area contributed by atoms with E-state index >= 15 is 0 Å². The van der Waals surface area contributed by atoms with Crippen LogP contribution in [0.5, 0.6) is 0 Å². The first-order valence-corrected chi connectivity index (χ1v) is 23.4. The summed E-state index contributed by atoms with van der Waals surface area (Å²) in [7, 11) is 1.74. The summed E-state index contributed by atoms with van der Waals surface area (Å²) in [6.45, 7) is 18.1. The number of methoxy groups -OCH3 is 1. The second-order valence-electron chi connectivity index (χ2n) is 19.0. The zero-order valence-electron chi connectivity index (χ0n) is 36.8. The minimum absolute atomic E-state index is 0.110. The summed E-state index contributed by atoms with van der Waals surface area (Å²) >= 11 is 1.50. The fourth-order valence-corrected chi connectivity index (χ4v) is 10.8. The van der Waals surface area contributed by atoms with Crippen molar-refractivity contribution in [2.75, 3.05) is 51.3 Å². The van der Waals surface area contributed by atoms with Gasteiger partial charge in [0.2, 0.25) is 5.91 Å². The molecule has 6 heterocycles. The number of nitrogens with one attached hydrogen (secondary N) is 2. The number of aryl methyl sites for hydroxylation is 1. The summed E-state index contributed by atoms with van der Waals surface area (Å²) in [6.07, 6.45) is 6.45. The number of benzene rings is 1. The summed E-state index contributed by atoms with van der Waals surface area (Å²) in [5, 5.41) is 8.53. The number of thiazole rings is 1. The molecular weight excluding hydrogens is 789 g/mol. The van der Waals surface area contributed by atoms with Gasteiger partial charge in [-0.15, -0.1) is 11.3 Å². The first-order valence-electron chi connectivity index (χ1n) is 22.5. The van der Waals surface area contributed by atoms with Crippen molar-refractivity contribution in [1.82, 2.24) is 35.2 Å². The van der Waals surface area contributed by atoms with Crippen LogP contribution in [-0.2, 0) is 43.2 Å². The van der Waals surface area contributed by atoms with Crippen molar-refractivity contribution in [3.05, 3.63) is 52.1 Å². The summed E-state index contributed by atoms with van der Waals surface area (Å²) in [5.41, 5.74) is 11.0. The van der Waals surface area contributed by atoms with E-state index in [1.54, 1.807) is 7.11 Å². The predicted molar refractivity (Wildman–Crippen MR) is 238 cm³/mol. The van der Waals surface area contributed by atoms with Gasteiger partial charge >= 0.3 is 5.97 Å². The average Bonchev–Trinajstić information content (AvgIpc) is 4.13. The molecular formula is C47H62N8O5S. The second kappa shape index (κ2) is 16.7. The fourth-order valence-electron chi connectivity index (χ4n) is 9.97. The Morgan fingerprint density at radius 1 is 1.08 bits per heavy atom. The SMILES string of the molecule is CCn1c(-c2cc(N3CCN(C4CC4)CC3)cnc2[C@H](C)OC)c2c3cc(ccc31)-c1csc(n1)C[C@H](NC(=O)[C@H]1[C@H](C)[C@@H]1C)C(=O)N1CCC[C@H](N1)C(=O)OCC(C)(C)C2. The van der Waals surface area contributed by atoms with Gasteiger partial charge in [-0.3, -0.25) is 29.3 Å². The van der Waals surface area contributed by atoms with Gasteiger partial charge in [0.15, 0.2) is 0 Å². The van der Waals surface area contributed by atoms with Crippen molar-refractivity contribution in [2.45, 2.75) is 111 Å². The lowest BCUT2D eigenvalue weighted by molar-refractivity contribution is -0.155. The largest absolute Gasteiger partial charge is 0.464 e. The number of rotatable bonds is 8. The molecule has 3 aliphatic heterocycles. The molecule has 2 saturated heterocycles. The topological polar surface area (TPSA) is 134 Å².